The predicted octanol–water partition coefficient (Wildman–Crippen LogP) is 2.64. The first-order valence-corrected chi connectivity index (χ1v) is 6.37. The summed E-state index contributed by atoms with van der Waals surface area (Å²) in [5.74, 6) is 1.20. The lowest BCUT2D eigenvalue weighted by Gasteiger charge is -2.09. The third-order valence-corrected chi connectivity index (χ3v) is 3.24. The van der Waals surface area contributed by atoms with Crippen LogP contribution in [0.2, 0.25) is 0 Å². The van der Waals surface area contributed by atoms with Gasteiger partial charge in [-0.05, 0) is 42.8 Å². The lowest BCUT2D eigenvalue weighted by molar-refractivity contribution is 0.357. The number of hydrogen-bond donors (Lipinski definition) is 2. The van der Waals surface area contributed by atoms with E-state index in [4.69, 9.17) is 4.74 Å². The summed E-state index contributed by atoms with van der Waals surface area (Å²) in [6.45, 7) is 3.18. The van der Waals surface area contributed by atoms with Crippen LogP contribution in [-0.4, -0.2) is 16.7 Å². The van der Waals surface area contributed by atoms with Gasteiger partial charge in [-0.25, -0.2) is 0 Å². The zero-order chi connectivity index (χ0) is 13.2. The minimum atomic E-state index is 0.225. The van der Waals surface area contributed by atoms with Gasteiger partial charge in [0.25, 0.3) is 0 Å². The number of aromatic hydroxyl groups is 1. The monoisotopic (exact) mass is 256 g/mol. The molecule has 98 valence electrons. The Morgan fingerprint density at radius 1 is 1.32 bits per heavy atom. The molecule has 2 heterocycles. The summed E-state index contributed by atoms with van der Waals surface area (Å²) in [4.78, 5) is 4.32. The molecule has 19 heavy (non-hydrogen) atoms. The first-order chi connectivity index (χ1) is 9.22. The van der Waals surface area contributed by atoms with E-state index >= 15 is 0 Å². The summed E-state index contributed by atoms with van der Waals surface area (Å²) in [5.41, 5.74) is 3.81. The second kappa shape index (κ2) is 4.80. The Morgan fingerprint density at radius 3 is 3.11 bits per heavy atom. The molecule has 0 fully saturated rings. The Hall–Kier alpha value is -2.23. The van der Waals surface area contributed by atoms with Crippen LogP contribution in [0.1, 0.15) is 17.0 Å². The molecule has 4 nitrogen and oxygen atoms in total. The number of fused-ring (bicyclic) bond motifs is 1. The highest BCUT2D eigenvalue weighted by Gasteiger charge is 2.12. The second-order valence-electron chi connectivity index (χ2n) is 4.69. The van der Waals surface area contributed by atoms with Crippen LogP contribution in [-0.2, 0) is 13.0 Å². The SMILES string of the molecule is Cc1ccc(O)c(CNc2ccc3c(c2)CCO3)n1. The fourth-order valence-electron chi connectivity index (χ4n) is 2.22. The topological polar surface area (TPSA) is 54.4 Å². The van der Waals surface area contributed by atoms with Gasteiger partial charge in [-0.15, -0.1) is 0 Å². The summed E-state index contributed by atoms with van der Waals surface area (Å²) >= 11 is 0. The fraction of sp³-hybridized carbons (Fsp3) is 0.267. The van der Waals surface area contributed by atoms with Crippen LogP contribution in [0.3, 0.4) is 0 Å². The van der Waals surface area contributed by atoms with Crippen LogP contribution >= 0.6 is 0 Å². The summed E-state index contributed by atoms with van der Waals surface area (Å²) in [5, 5.41) is 13.0. The number of anilines is 1. The van der Waals surface area contributed by atoms with Crippen LogP contribution in [0, 0.1) is 6.92 Å². The third kappa shape index (κ3) is 2.47. The molecule has 0 aliphatic carbocycles. The van der Waals surface area contributed by atoms with Crippen LogP contribution in [0.4, 0.5) is 5.69 Å². The molecular formula is C15H16N2O2. The zero-order valence-corrected chi connectivity index (χ0v) is 10.8. The van der Waals surface area contributed by atoms with E-state index in [1.165, 1.54) is 5.56 Å². The number of hydrogen-bond acceptors (Lipinski definition) is 4. The van der Waals surface area contributed by atoms with Gasteiger partial charge >= 0.3 is 0 Å². The van der Waals surface area contributed by atoms with Crippen LogP contribution in [0.15, 0.2) is 30.3 Å². The Bertz CT molecular complexity index is 611. The largest absolute Gasteiger partial charge is 0.506 e. The van der Waals surface area contributed by atoms with Gasteiger partial charge in [-0.3, -0.25) is 4.98 Å². The number of benzene rings is 1. The Morgan fingerprint density at radius 2 is 2.21 bits per heavy atom. The molecule has 3 rings (SSSR count). The van der Waals surface area contributed by atoms with E-state index in [-0.39, 0.29) is 5.75 Å². The smallest absolute Gasteiger partial charge is 0.138 e. The van der Waals surface area contributed by atoms with Gasteiger partial charge in [0.15, 0.2) is 0 Å². The van der Waals surface area contributed by atoms with E-state index in [9.17, 15) is 5.11 Å². The minimum absolute atomic E-state index is 0.225. The van der Waals surface area contributed by atoms with Crippen molar-refractivity contribution in [1.29, 1.82) is 0 Å². The summed E-state index contributed by atoms with van der Waals surface area (Å²) in [6.07, 6.45) is 0.957. The van der Waals surface area contributed by atoms with Gasteiger partial charge in [0.1, 0.15) is 17.2 Å². The maximum absolute atomic E-state index is 9.75. The van der Waals surface area contributed by atoms with Crippen molar-refractivity contribution in [1.82, 2.24) is 4.98 Å². The molecule has 0 bridgehead atoms. The van der Waals surface area contributed by atoms with Crippen LogP contribution in [0.25, 0.3) is 0 Å². The molecule has 0 amide bonds. The molecule has 1 aliphatic heterocycles. The predicted molar refractivity (Wildman–Crippen MR) is 73.6 cm³/mol. The van der Waals surface area contributed by atoms with Gasteiger partial charge in [0.05, 0.1) is 13.2 Å². The number of pyridine rings is 1. The van der Waals surface area contributed by atoms with Crippen molar-refractivity contribution in [3.63, 3.8) is 0 Å². The van der Waals surface area contributed by atoms with Crippen molar-refractivity contribution in [3.8, 4) is 11.5 Å². The quantitative estimate of drug-likeness (QED) is 0.886. The van der Waals surface area contributed by atoms with E-state index in [0.717, 1.165) is 30.2 Å². The number of nitrogens with zero attached hydrogens (tertiary/aromatic N) is 1. The summed E-state index contributed by atoms with van der Waals surface area (Å²) < 4.78 is 5.47. The van der Waals surface area contributed by atoms with Crippen molar-refractivity contribution in [2.75, 3.05) is 11.9 Å². The molecular weight excluding hydrogens is 240 g/mol. The lowest BCUT2D eigenvalue weighted by atomic mass is 10.1. The average molecular weight is 256 g/mol. The summed E-state index contributed by atoms with van der Waals surface area (Å²) in [7, 11) is 0. The van der Waals surface area contributed by atoms with E-state index in [1.807, 2.05) is 19.1 Å². The van der Waals surface area contributed by atoms with E-state index in [1.54, 1.807) is 12.1 Å². The molecule has 1 aliphatic rings. The van der Waals surface area contributed by atoms with Crippen molar-refractivity contribution in [2.45, 2.75) is 19.9 Å². The molecule has 2 N–H and O–H groups in total. The normalized spacial score (nSPS) is 12.9. The maximum atomic E-state index is 9.75. The third-order valence-electron chi connectivity index (χ3n) is 3.24. The van der Waals surface area contributed by atoms with E-state index < -0.39 is 0 Å². The zero-order valence-electron chi connectivity index (χ0n) is 10.8. The molecule has 0 saturated carbocycles. The number of aromatic nitrogens is 1. The molecule has 0 radical (unpaired) electrons. The van der Waals surface area contributed by atoms with Crippen molar-refractivity contribution < 1.29 is 9.84 Å². The lowest BCUT2D eigenvalue weighted by Crippen LogP contribution is -2.03. The number of aryl methyl sites for hydroxylation is 1. The highest BCUT2D eigenvalue weighted by molar-refractivity contribution is 5.52. The van der Waals surface area contributed by atoms with Gasteiger partial charge in [-0.2, -0.15) is 0 Å². The first kappa shape index (κ1) is 11.8. The Balaban J connectivity index is 1.74. The number of nitrogens with one attached hydrogen (secondary N) is 1. The molecule has 1 aromatic heterocycles. The van der Waals surface area contributed by atoms with Crippen molar-refractivity contribution >= 4 is 5.69 Å². The highest BCUT2D eigenvalue weighted by Crippen LogP contribution is 2.28. The van der Waals surface area contributed by atoms with E-state index in [0.29, 0.717) is 12.2 Å². The van der Waals surface area contributed by atoms with Crippen LogP contribution in [0.5, 0.6) is 11.5 Å². The Labute approximate surface area is 112 Å². The molecule has 0 atom stereocenters. The summed E-state index contributed by atoms with van der Waals surface area (Å²) in [6, 6.07) is 9.53. The number of ether oxygens (including phenoxy) is 1. The standard InChI is InChI=1S/C15H16N2O2/c1-10-2-4-14(18)13(17-10)9-16-12-3-5-15-11(8-12)6-7-19-15/h2-5,8,16,18H,6-7,9H2,1H3. The molecule has 4 heteroatoms. The second-order valence-corrected chi connectivity index (χ2v) is 4.69. The highest BCUT2D eigenvalue weighted by atomic mass is 16.5. The van der Waals surface area contributed by atoms with Crippen molar-refractivity contribution in [3.05, 3.63) is 47.3 Å². The van der Waals surface area contributed by atoms with Gasteiger partial charge in [-0.1, -0.05) is 0 Å². The van der Waals surface area contributed by atoms with Gasteiger partial charge in [0, 0.05) is 17.8 Å². The maximum Gasteiger partial charge on any atom is 0.138 e. The fourth-order valence-corrected chi connectivity index (χ4v) is 2.22. The molecule has 2 aromatic rings. The van der Waals surface area contributed by atoms with E-state index in [2.05, 4.69) is 16.4 Å². The molecule has 0 unspecified atom stereocenters. The minimum Gasteiger partial charge on any atom is -0.506 e. The van der Waals surface area contributed by atoms with Crippen LogP contribution < -0.4 is 10.1 Å². The first-order valence-electron chi connectivity index (χ1n) is 6.37. The molecule has 1 aromatic carbocycles. The van der Waals surface area contributed by atoms with Gasteiger partial charge in [0.2, 0.25) is 0 Å². The molecule has 0 spiro atoms. The Kier molecular flexibility index (Phi) is 2.99. The molecule has 0 saturated heterocycles. The van der Waals surface area contributed by atoms with Crippen molar-refractivity contribution in [2.24, 2.45) is 0 Å². The average Bonchev–Trinajstić information content (AvgIpc) is 2.87. The van der Waals surface area contributed by atoms with Gasteiger partial charge < -0.3 is 15.2 Å². The number of rotatable bonds is 3.